The Bertz CT molecular complexity index is 2310. The molecule has 5 aromatic rings. The molecule has 218 valence electrons. The van der Waals surface area contributed by atoms with Crippen molar-refractivity contribution in [1.82, 2.24) is 19.9 Å². The number of carboxylic acids is 3. The van der Waals surface area contributed by atoms with Gasteiger partial charge in [-0.2, -0.15) is 0 Å². The van der Waals surface area contributed by atoms with Gasteiger partial charge in [0.05, 0.1) is 44.9 Å². The van der Waals surface area contributed by atoms with Crippen LogP contribution in [0, 0.1) is 0 Å². The van der Waals surface area contributed by atoms with Gasteiger partial charge < -0.3 is 25.3 Å². The second-order valence-electron chi connectivity index (χ2n) is 10.4. The fraction of sp³-hybridized carbons (Fsp3) is 0. The van der Waals surface area contributed by atoms with Crippen LogP contribution in [-0.4, -0.2) is 53.2 Å². The van der Waals surface area contributed by atoms with Crippen LogP contribution in [0.4, 0.5) is 0 Å². The van der Waals surface area contributed by atoms with Crippen molar-refractivity contribution in [1.29, 1.82) is 0 Å². The minimum Gasteiger partial charge on any atom is -0.478 e. The van der Waals surface area contributed by atoms with E-state index in [0.29, 0.717) is 39.1 Å². The molecule has 45 heavy (non-hydrogen) atoms. The molecule has 10 heteroatoms. The maximum atomic E-state index is 12.6. The summed E-state index contributed by atoms with van der Waals surface area (Å²) in [6.45, 7) is 0. The van der Waals surface area contributed by atoms with Gasteiger partial charge in [0.2, 0.25) is 0 Å². The van der Waals surface area contributed by atoms with Gasteiger partial charge in [-0.05, 0) is 71.8 Å². The van der Waals surface area contributed by atoms with Crippen molar-refractivity contribution in [2.24, 2.45) is 0 Å². The Morgan fingerprint density at radius 2 is 1.22 bits per heavy atom. The maximum absolute atomic E-state index is 12.6. The second kappa shape index (κ2) is 10.6. The summed E-state index contributed by atoms with van der Waals surface area (Å²) in [6, 6.07) is 22.7. The zero-order valence-corrected chi connectivity index (χ0v) is 23.3. The van der Waals surface area contributed by atoms with Gasteiger partial charge in [0, 0.05) is 16.6 Å². The first-order chi connectivity index (χ1) is 21.8. The first-order valence-corrected chi connectivity index (χ1v) is 13.8. The van der Waals surface area contributed by atoms with E-state index in [4.69, 9.17) is 4.98 Å². The van der Waals surface area contributed by atoms with E-state index in [1.165, 1.54) is 18.2 Å². The lowest BCUT2D eigenvalue weighted by Crippen LogP contribution is -2.01. The molecular formula is C35H22N4O6. The van der Waals surface area contributed by atoms with Gasteiger partial charge >= 0.3 is 17.9 Å². The molecular weight excluding hydrogens is 572 g/mol. The Labute approximate surface area is 254 Å². The average Bonchev–Trinajstić information content (AvgIpc) is 3.83. The predicted octanol–water partition coefficient (Wildman–Crippen LogP) is 7.08. The third-order valence-electron chi connectivity index (χ3n) is 7.60. The molecule has 5 heterocycles. The Morgan fingerprint density at radius 1 is 0.578 bits per heavy atom. The molecule has 3 aromatic heterocycles. The number of benzene rings is 2. The van der Waals surface area contributed by atoms with Gasteiger partial charge in [-0.3, -0.25) is 0 Å². The van der Waals surface area contributed by atoms with Crippen LogP contribution in [0.5, 0.6) is 0 Å². The van der Waals surface area contributed by atoms with Gasteiger partial charge in [-0.1, -0.05) is 42.5 Å². The smallest absolute Gasteiger partial charge is 0.340 e. The second-order valence-corrected chi connectivity index (χ2v) is 10.4. The molecule has 0 amide bonds. The Balaban J connectivity index is 1.70. The number of hydrogen-bond acceptors (Lipinski definition) is 5. The van der Waals surface area contributed by atoms with E-state index >= 15 is 0 Å². The molecule has 10 nitrogen and oxygen atoms in total. The number of nitrogens with one attached hydrogen (secondary N) is 2. The van der Waals surface area contributed by atoms with E-state index in [9.17, 15) is 29.7 Å². The van der Waals surface area contributed by atoms with E-state index < -0.39 is 17.9 Å². The highest BCUT2D eigenvalue weighted by molar-refractivity contribution is 6.05. The zero-order valence-electron chi connectivity index (χ0n) is 23.3. The molecule has 0 fully saturated rings. The van der Waals surface area contributed by atoms with Gasteiger partial charge in [0.1, 0.15) is 11.1 Å². The number of carboxylic acid groups (broad SMARTS) is 3. The summed E-state index contributed by atoms with van der Waals surface area (Å²) < 4.78 is 0. The van der Waals surface area contributed by atoms with Crippen LogP contribution in [0.15, 0.2) is 78.9 Å². The maximum Gasteiger partial charge on any atom is 0.340 e. The number of H-pyrrole nitrogens is 2. The molecule has 2 aromatic carbocycles. The van der Waals surface area contributed by atoms with Crippen LogP contribution >= 0.6 is 0 Å². The average molecular weight is 595 g/mol. The number of aromatic amines is 2. The van der Waals surface area contributed by atoms with Gasteiger partial charge in [0.25, 0.3) is 0 Å². The number of aromatic carboxylic acids is 3. The summed E-state index contributed by atoms with van der Waals surface area (Å²) >= 11 is 0. The SMILES string of the molecule is O=C(O)c1cccc(-c2cc3cc4nc(c(C(=O)O)c5ccc([nH]5)c(C(=O)O)c5nc(c(-c6ccccc6)c2[nH]3)C=C5)C=C4)c1. The van der Waals surface area contributed by atoms with Crippen molar-refractivity contribution < 1.29 is 29.7 Å². The highest BCUT2D eigenvalue weighted by atomic mass is 16.4. The molecule has 2 aliphatic heterocycles. The van der Waals surface area contributed by atoms with Crippen LogP contribution in [0.3, 0.4) is 0 Å². The summed E-state index contributed by atoms with van der Waals surface area (Å²) in [7, 11) is 0. The minimum atomic E-state index is -1.25. The van der Waals surface area contributed by atoms with Crippen molar-refractivity contribution in [2.75, 3.05) is 0 Å². The van der Waals surface area contributed by atoms with Crippen molar-refractivity contribution in [3.63, 3.8) is 0 Å². The standard InChI is InChI=1S/C35H22N4O6/c40-33(41)20-8-4-7-19(15-20)23-17-22-16-21-9-10-25(36-21)30(34(42)43)26-13-14-28(39-26)31(35(44)45)27-12-11-24(38-27)29(32(23)37-22)18-5-2-1-3-6-18/h1-17,37,39H,(H,40,41)(H,42,43)(H,44,45). The monoisotopic (exact) mass is 594 g/mol. The molecule has 0 unspecified atom stereocenters. The molecule has 0 aliphatic carbocycles. The molecule has 0 spiro atoms. The van der Waals surface area contributed by atoms with Crippen molar-refractivity contribution in [3.05, 3.63) is 118 Å². The Hall–Kier alpha value is -6.55. The van der Waals surface area contributed by atoms with Crippen molar-refractivity contribution in [3.8, 4) is 22.3 Å². The normalized spacial score (nSPS) is 11.9. The fourth-order valence-electron chi connectivity index (χ4n) is 5.63. The summed E-state index contributed by atoms with van der Waals surface area (Å²) in [5.74, 6) is -3.54. The van der Waals surface area contributed by atoms with Crippen LogP contribution in [0.1, 0.15) is 53.8 Å². The summed E-state index contributed by atoms with van der Waals surface area (Å²) in [5.41, 5.74) is 5.56. The van der Waals surface area contributed by atoms with Gasteiger partial charge in [-0.15, -0.1) is 0 Å². The number of rotatable bonds is 5. The third kappa shape index (κ3) is 4.86. The van der Waals surface area contributed by atoms with Crippen LogP contribution < -0.4 is 0 Å². The van der Waals surface area contributed by atoms with E-state index in [-0.39, 0.29) is 39.1 Å². The van der Waals surface area contributed by atoms with Crippen LogP contribution in [-0.2, 0) is 0 Å². The Kier molecular flexibility index (Phi) is 6.44. The van der Waals surface area contributed by atoms with E-state index in [0.717, 1.165) is 5.56 Å². The van der Waals surface area contributed by atoms with Crippen molar-refractivity contribution >= 4 is 64.3 Å². The minimum absolute atomic E-state index is 0.114. The molecule has 5 N–H and O–H groups in total. The highest BCUT2D eigenvalue weighted by Gasteiger charge is 2.21. The first-order valence-electron chi connectivity index (χ1n) is 13.8. The van der Waals surface area contributed by atoms with Crippen molar-refractivity contribution in [2.45, 2.75) is 0 Å². The Morgan fingerprint density at radius 3 is 1.91 bits per heavy atom. The predicted molar refractivity (Wildman–Crippen MR) is 171 cm³/mol. The lowest BCUT2D eigenvalue weighted by Gasteiger charge is -2.07. The number of hydrogen-bond donors (Lipinski definition) is 5. The lowest BCUT2D eigenvalue weighted by atomic mass is 9.98. The van der Waals surface area contributed by atoms with Gasteiger partial charge in [0.15, 0.2) is 0 Å². The van der Waals surface area contributed by atoms with Crippen LogP contribution in [0.2, 0.25) is 0 Å². The molecule has 8 bridgehead atoms. The molecule has 7 rings (SSSR count). The third-order valence-corrected chi connectivity index (χ3v) is 7.60. The summed E-state index contributed by atoms with van der Waals surface area (Å²) in [4.78, 5) is 52.6. The summed E-state index contributed by atoms with van der Waals surface area (Å²) in [6.07, 6.45) is 6.60. The highest BCUT2D eigenvalue weighted by Crippen LogP contribution is 2.37. The number of fused-ring (bicyclic) bond motifs is 8. The number of nitrogens with zero attached hydrogens (tertiary/aromatic N) is 2. The molecule has 2 aliphatic rings. The van der Waals surface area contributed by atoms with Gasteiger partial charge in [-0.25, -0.2) is 24.4 Å². The number of carbonyl (C=O) groups is 3. The van der Waals surface area contributed by atoms with E-state index in [1.54, 1.807) is 42.5 Å². The topological polar surface area (TPSA) is 169 Å². The molecule has 0 saturated carbocycles. The molecule has 0 radical (unpaired) electrons. The zero-order chi connectivity index (χ0) is 31.2. The fourth-order valence-corrected chi connectivity index (χ4v) is 5.63. The molecule has 0 saturated heterocycles. The number of aromatic nitrogens is 4. The summed E-state index contributed by atoms with van der Waals surface area (Å²) in [5, 5.41) is 30.1. The quantitative estimate of drug-likeness (QED) is 0.141. The van der Waals surface area contributed by atoms with Crippen LogP contribution in [0.25, 0.3) is 68.6 Å². The van der Waals surface area contributed by atoms with E-state index in [1.807, 2.05) is 42.5 Å². The van der Waals surface area contributed by atoms with E-state index in [2.05, 4.69) is 15.0 Å². The molecule has 0 atom stereocenters. The lowest BCUT2D eigenvalue weighted by molar-refractivity contribution is 0.0686. The first kappa shape index (κ1) is 27.3. The largest absolute Gasteiger partial charge is 0.478 e.